The second-order valence-corrected chi connectivity index (χ2v) is 11.3. The van der Waals surface area contributed by atoms with Crippen molar-refractivity contribution >= 4 is 46.6 Å². The minimum atomic E-state index is -0.127. The molecule has 214 valence electrons. The van der Waals surface area contributed by atoms with Crippen molar-refractivity contribution in [1.29, 1.82) is 0 Å². The Labute approximate surface area is 247 Å². The minimum absolute atomic E-state index is 0.00310. The zero-order valence-electron chi connectivity index (χ0n) is 24.1. The molecule has 0 radical (unpaired) electrons. The Bertz CT molecular complexity index is 1460. The number of nitrogens with zero attached hydrogens (tertiary/aromatic N) is 3. The standard InChI is InChI=1S/C34H40N4O2S/c1-3-4-5-6-7-8-9-10-11-19-33(39)38-31-25-27(41-32-18-13-12-17-29(32)34(40)35-2)21-22-28(31)30(37-38)23-20-26-16-14-15-24-36-26/h12-18,20-25H,3-11,19H2,1-2H3,(H,35,40)/b23-20+. The third kappa shape index (κ3) is 8.64. The van der Waals surface area contributed by atoms with E-state index in [0.29, 0.717) is 12.0 Å². The first-order valence-electron chi connectivity index (χ1n) is 14.7. The number of benzene rings is 2. The first kappa shape index (κ1) is 30.3. The van der Waals surface area contributed by atoms with E-state index in [1.807, 2.05) is 72.8 Å². The molecular formula is C34H40N4O2S. The fourth-order valence-electron chi connectivity index (χ4n) is 4.83. The van der Waals surface area contributed by atoms with Crippen LogP contribution < -0.4 is 5.32 Å². The lowest BCUT2D eigenvalue weighted by atomic mass is 10.1. The van der Waals surface area contributed by atoms with Gasteiger partial charge in [-0.2, -0.15) is 9.78 Å². The van der Waals surface area contributed by atoms with Gasteiger partial charge in [0.2, 0.25) is 5.91 Å². The quantitative estimate of drug-likeness (QED) is 0.145. The molecule has 7 heteroatoms. The minimum Gasteiger partial charge on any atom is -0.355 e. The first-order valence-corrected chi connectivity index (χ1v) is 15.6. The lowest BCUT2D eigenvalue weighted by Gasteiger charge is -2.09. The second-order valence-electron chi connectivity index (χ2n) is 10.2. The van der Waals surface area contributed by atoms with Crippen LogP contribution in [-0.2, 0) is 0 Å². The Morgan fingerprint density at radius 3 is 2.34 bits per heavy atom. The van der Waals surface area contributed by atoms with Crippen LogP contribution in [0.25, 0.3) is 23.1 Å². The largest absolute Gasteiger partial charge is 0.355 e. The summed E-state index contributed by atoms with van der Waals surface area (Å²) < 4.78 is 1.56. The normalized spacial score (nSPS) is 11.4. The predicted octanol–water partition coefficient (Wildman–Crippen LogP) is 8.67. The Balaban J connectivity index is 1.53. The van der Waals surface area contributed by atoms with Crippen LogP contribution in [0.1, 0.15) is 97.7 Å². The van der Waals surface area contributed by atoms with Crippen LogP contribution in [0.5, 0.6) is 0 Å². The van der Waals surface area contributed by atoms with Crippen molar-refractivity contribution in [2.45, 2.75) is 80.9 Å². The van der Waals surface area contributed by atoms with Gasteiger partial charge < -0.3 is 5.32 Å². The Morgan fingerprint density at radius 1 is 0.878 bits per heavy atom. The van der Waals surface area contributed by atoms with Crippen LogP contribution >= 0.6 is 11.8 Å². The highest BCUT2D eigenvalue weighted by molar-refractivity contribution is 7.99. The van der Waals surface area contributed by atoms with E-state index in [0.717, 1.165) is 44.9 Å². The van der Waals surface area contributed by atoms with Crippen LogP contribution in [0.3, 0.4) is 0 Å². The molecule has 4 rings (SSSR count). The molecule has 4 aromatic rings. The fraction of sp³-hybridized carbons (Fsp3) is 0.353. The molecule has 0 aliphatic heterocycles. The third-order valence-electron chi connectivity index (χ3n) is 7.10. The number of hydrogen-bond acceptors (Lipinski definition) is 5. The van der Waals surface area contributed by atoms with Gasteiger partial charge in [-0.1, -0.05) is 88.3 Å². The van der Waals surface area contributed by atoms with Gasteiger partial charge in [0.1, 0.15) is 0 Å². The number of carbonyl (C=O) groups is 2. The fourth-order valence-corrected chi connectivity index (χ4v) is 5.81. The average Bonchev–Trinajstić information content (AvgIpc) is 3.37. The highest BCUT2D eigenvalue weighted by atomic mass is 32.2. The molecule has 0 atom stereocenters. The highest BCUT2D eigenvalue weighted by Crippen LogP contribution is 2.33. The van der Waals surface area contributed by atoms with Crippen LogP contribution in [0.2, 0.25) is 0 Å². The van der Waals surface area contributed by atoms with Gasteiger partial charge in [-0.05, 0) is 61.0 Å². The lowest BCUT2D eigenvalue weighted by Crippen LogP contribution is -2.18. The molecule has 2 heterocycles. The van der Waals surface area contributed by atoms with Crippen molar-refractivity contribution in [1.82, 2.24) is 20.1 Å². The molecule has 0 spiro atoms. The zero-order valence-corrected chi connectivity index (χ0v) is 25.0. The number of amides is 1. The molecule has 0 aliphatic carbocycles. The van der Waals surface area contributed by atoms with Crippen LogP contribution in [0.4, 0.5) is 0 Å². The molecule has 0 saturated carbocycles. The summed E-state index contributed by atoms with van der Waals surface area (Å²) in [6.07, 6.45) is 16.9. The summed E-state index contributed by atoms with van der Waals surface area (Å²) in [6.45, 7) is 2.24. The van der Waals surface area contributed by atoms with Gasteiger partial charge in [0.15, 0.2) is 0 Å². The molecule has 6 nitrogen and oxygen atoms in total. The smallest absolute Gasteiger partial charge is 0.252 e. The summed E-state index contributed by atoms with van der Waals surface area (Å²) in [6, 6.07) is 19.3. The third-order valence-corrected chi connectivity index (χ3v) is 8.16. The maximum absolute atomic E-state index is 13.4. The summed E-state index contributed by atoms with van der Waals surface area (Å²) in [5.41, 5.74) is 2.95. The van der Waals surface area contributed by atoms with Crippen LogP contribution in [0.15, 0.2) is 76.7 Å². The molecule has 2 aromatic carbocycles. The first-order chi connectivity index (χ1) is 20.1. The number of nitrogens with one attached hydrogen (secondary N) is 1. The van der Waals surface area contributed by atoms with E-state index < -0.39 is 0 Å². The van der Waals surface area contributed by atoms with Gasteiger partial charge in [-0.15, -0.1) is 0 Å². The van der Waals surface area contributed by atoms with Crippen LogP contribution in [0, 0.1) is 0 Å². The van der Waals surface area contributed by atoms with E-state index in [4.69, 9.17) is 5.10 Å². The maximum atomic E-state index is 13.4. The molecule has 41 heavy (non-hydrogen) atoms. The van der Waals surface area contributed by atoms with E-state index in [9.17, 15) is 9.59 Å². The molecule has 2 aromatic heterocycles. The summed E-state index contributed by atoms with van der Waals surface area (Å²) in [5, 5.41) is 8.36. The van der Waals surface area contributed by atoms with Gasteiger partial charge in [-0.25, -0.2) is 0 Å². The Morgan fingerprint density at radius 2 is 1.61 bits per heavy atom. The van der Waals surface area contributed by atoms with Gasteiger partial charge in [-0.3, -0.25) is 14.6 Å². The number of hydrogen-bond donors (Lipinski definition) is 1. The number of unbranched alkanes of at least 4 members (excludes halogenated alkanes) is 8. The van der Waals surface area contributed by atoms with Crippen molar-refractivity contribution in [3.63, 3.8) is 0 Å². The van der Waals surface area contributed by atoms with Gasteiger partial charge in [0.05, 0.1) is 22.5 Å². The molecule has 0 fully saturated rings. The predicted molar refractivity (Wildman–Crippen MR) is 169 cm³/mol. The van der Waals surface area contributed by atoms with Crippen molar-refractivity contribution in [2.24, 2.45) is 0 Å². The number of pyridine rings is 1. The molecule has 0 bridgehead atoms. The van der Waals surface area contributed by atoms with Crippen LogP contribution in [-0.4, -0.2) is 33.6 Å². The summed E-state index contributed by atoms with van der Waals surface area (Å²) in [4.78, 5) is 32.0. The zero-order chi connectivity index (χ0) is 28.9. The van der Waals surface area contributed by atoms with Crippen molar-refractivity contribution in [3.05, 3.63) is 83.8 Å². The Hall–Kier alpha value is -3.71. The number of carbonyl (C=O) groups excluding carboxylic acids is 2. The summed E-state index contributed by atoms with van der Waals surface area (Å²) in [5.74, 6) is -0.124. The summed E-state index contributed by atoms with van der Waals surface area (Å²) >= 11 is 1.51. The van der Waals surface area contributed by atoms with E-state index in [-0.39, 0.29) is 11.8 Å². The molecular weight excluding hydrogens is 528 g/mol. The van der Waals surface area contributed by atoms with E-state index >= 15 is 0 Å². The second kappa shape index (κ2) is 15.9. The van der Waals surface area contributed by atoms with E-state index in [2.05, 4.69) is 17.2 Å². The molecule has 1 amide bonds. The number of fused-ring (bicyclic) bond motifs is 1. The van der Waals surface area contributed by atoms with E-state index in [1.54, 1.807) is 17.9 Å². The number of rotatable bonds is 15. The topological polar surface area (TPSA) is 76.9 Å². The molecule has 0 saturated heterocycles. The molecule has 1 N–H and O–H groups in total. The van der Waals surface area contributed by atoms with E-state index in [1.165, 1.54) is 56.7 Å². The monoisotopic (exact) mass is 568 g/mol. The number of aromatic nitrogens is 3. The van der Waals surface area contributed by atoms with Gasteiger partial charge in [0.25, 0.3) is 5.91 Å². The van der Waals surface area contributed by atoms with Crippen molar-refractivity contribution < 1.29 is 9.59 Å². The van der Waals surface area contributed by atoms with Gasteiger partial charge in [0, 0.05) is 34.8 Å². The molecule has 0 unspecified atom stereocenters. The summed E-state index contributed by atoms with van der Waals surface area (Å²) in [7, 11) is 1.63. The SMILES string of the molecule is CCCCCCCCCCCC(=O)n1nc(/C=C/c2ccccn2)c2ccc(Sc3ccccc3C(=O)NC)cc21. The maximum Gasteiger partial charge on any atom is 0.252 e. The highest BCUT2D eigenvalue weighted by Gasteiger charge is 2.17. The average molecular weight is 569 g/mol. The Kier molecular flexibility index (Phi) is 11.7. The molecule has 0 aliphatic rings. The van der Waals surface area contributed by atoms with Crippen molar-refractivity contribution in [3.8, 4) is 0 Å². The lowest BCUT2D eigenvalue weighted by molar-refractivity contribution is 0.0887. The van der Waals surface area contributed by atoms with Crippen molar-refractivity contribution in [2.75, 3.05) is 7.05 Å². The van der Waals surface area contributed by atoms with Gasteiger partial charge >= 0.3 is 0 Å².